The lowest BCUT2D eigenvalue weighted by atomic mass is 10.00. The minimum atomic E-state index is -4.96. The first-order valence-corrected chi connectivity index (χ1v) is 46.2. The summed E-state index contributed by atoms with van der Waals surface area (Å²) in [5.74, 6) is -1.37. The van der Waals surface area contributed by atoms with Crippen molar-refractivity contribution in [2.24, 2.45) is 5.92 Å². The summed E-state index contributed by atoms with van der Waals surface area (Å²) < 4.78 is 68.8. The molecule has 19 heteroatoms. The Morgan fingerprint density at radius 2 is 0.471 bits per heavy atom. The van der Waals surface area contributed by atoms with Crippen LogP contribution in [0.15, 0.2) is 0 Å². The van der Waals surface area contributed by atoms with Crippen molar-refractivity contribution < 1.29 is 80.2 Å². The van der Waals surface area contributed by atoms with Crippen LogP contribution in [0.25, 0.3) is 0 Å². The molecular formula is C83H162O17P2. The van der Waals surface area contributed by atoms with Crippen LogP contribution < -0.4 is 0 Å². The number of aliphatic hydroxyl groups is 1. The fourth-order valence-corrected chi connectivity index (χ4v) is 14.5. The number of esters is 4. The number of carbonyl (C=O) groups is 4. The average Bonchev–Trinajstić information content (AvgIpc) is 1.03. The van der Waals surface area contributed by atoms with Crippen molar-refractivity contribution in [2.75, 3.05) is 39.6 Å². The molecule has 0 aromatic rings. The number of hydrogen-bond acceptors (Lipinski definition) is 15. The molecule has 0 bridgehead atoms. The second-order valence-corrected chi connectivity index (χ2v) is 33.0. The highest BCUT2D eigenvalue weighted by Gasteiger charge is 2.30. The van der Waals surface area contributed by atoms with Crippen molar-refractivity contribution in [3.63, 3.8) is 0 Å². The van der Waals surface area contributed by atoms with Gasteiger partial charge in [-0.15, -0.1) is 0 Å². The minimum Gasteiger partial charge on any atom is -0.462 e. The zero-order valence-corrected chi connectivity index (χ0v) is 68.5. The predicted octanol–water partition coefficient (Wildman–Crippen LogP) is 25.2. The zero-order chi connectivity index (χ0) is 74.8. The van der Waals surface area contributed by atoms with E-state index in [-0.39, 0.29) is 25.7 Å². The SMILES string of the molecule is CCCCCCCCCCCCCCCCCCCCCCCCC(=O)O[C@H](COC(=O)CCCCCCCCCCCCCCCCCCC)COP(=O)(O)OC[C@@H](O)COP(=O)(O)OC[C@@H](COC(=O)CCCCCCCCC(C)CC)OC(=O)CCCCCCCCCCCCCCC. The topological polar surface area (TPSA) is 237 Å². The first-order chi connectivity index (χ1) is 49.6. The van der Waals surface area contributed by atoms with Gasteiger partial charge in [0.05, 0.1) is 26.4 Å². The van der Waals surface area contributed by atoms with E-state index in [0.717, 1.165) is 102 Å². The van der Waals surface area contributed by atoms with Crippen LogP contribution in [0.2, 0.25) is 0 Å². The predicted molar refractivity (Wildman–Crippen MR) is 418 cm³/mol. The highest BCUT2D eigenvalue weighted by Crippen LogP contribution is 2.45. The van der Waals surface area contributed by atoms with E-state index < -0.39 is 97.5 Å². The quantitative estimate of drug-likeness (QED) is 0.0222. The maximum absolute atomic E-state index is 13.1. The highest BCUT2D eigenvalue weighted by molar-refractivity contribution is 7.47. The lowest BCUT2D eigenvalue weighted by Gasteiger charge is -2.21. The third kappa shape index (κ3) is 74.9. The Morgan fingerprint density at radius 3 is 0.696 bits per heavy atom. The fraction of sp³-hybridized carbons (Fsp3) is 0.952. The van der Waals surface area contributed by atoms with Gasteiger partial charge in [0.25, 0.3) is 0 Å². The molecular weight excluding hydrogens is 1330 g/mol. The van der Waals surface area contributed by atoms with Gasteiger partial charge >= 0.3 is 39.5 Å². The van der Waals surface area contributed by atoms with Gasteiger partial charge in [-0.1, -0.05) is 394 Å². The number of aliphatic hydroxyl groups excluding tert-OH is 1. The van der Waals surface area contributed by atoms with Crippen LogP contribution in [0.5, 0.6) is 0 Å². The van der Waals surface area contributed by atoms with Crippen molar-refractivity contribution in [2.45, 2.75) is 464 Å². The molecule has 0 aliphatic carbocycles. The highest BCUT2D eigenvalue weighted by atomic mass is 31.2. The van der Waals surface area contributed by atoms with E-state index in [1.54, 1.807) is 0 Å². The molecule has 0 aromatic carbocycles. The van der Waals surface area contributed by atoms with Crippen molar-refractivity contribution in [3.8, 4) is 0 Å². The largest absolute Gasteiger partial charge is 0.472 e. The van der Waals surface area contributed by atoms with E-state index in [2.05, 4.69) is 34.6 Å². The van der Waals surface area contributed by atoms with Crippen LogP contribution >= 0.6 is 15.6 Å². The monoisotopic (exact) mass is 1490 g/mol. The Kier molecular flexibility index (Phi) is 74.4. The number of phosphoric ester groups is 2. The standard InChI is InChI=1S/C83H162O17P2/c1-6-10-13-16-19-22-25-28-30-32-33-34-35-36-38-40-43-46-49-52-59-64-69-82(87)99-78(72-93-80(85)66-61-56-50-47-44-42-39-37-31-29-26-23-20-17-14-11-7-2)74-97-101(89,90)95-70-77(84)71-96-102(91,92)98-75-79(73-94-81(86)67-62-57-54-53-55-60-65-76(5)9-4)100-83(88)68-63-58-51-48-45-41-27-24-21-18-15-12-8-3/h76-79,84H,6-75H2,1-5H3,(H,89,90)(H,91,92)/t76?,77-,78-,79-/m1/s1. The van der Waals surface area contributed by atoms with Crippen LogP contribution in [0.4, 0.5) is 0 Å². The molecule has 17 nitrogen and oxygen atoms in total. The summed E-state index contributed by atoms with van der Waals surface area (Å²) in [6, 6.07) is 0. The summed E-state index contributed by atoms with van der Waals surface area (Å²) >= 11 is 0. The second-order valence-electron chi connectivity index (χ2n) is 30.1. The normalized spacial score (nSPS) is 14.1. The van der Waals surface area contributed by atoms with Gasteiger partial charge in [-0.2, -0.15) is 0 Å². The lowest BCUT2D eigenvalue weighted by molar-refractivity contribution is -0.161. The van der Waals surface area contributed by atoms with Gasteiger partial charge in [0.2, 0.25) is 0 Å². The van der Waals surface area contributed by atoms with Gasteiger partial charge in [0.1, 0.15) is 19.3 Å². The Labute approximate surface area is 626 Å². The molecule has 0 fully saturated rings. The van der Waals surface area contributed by atoms with E-state index in [0.29, 0.717) is 25.7 Å². The number of phosphoric acid groups is 2. The smallest absolute Gasteiger partial charge is 0.462 e. The molecule has 0 aromatic heterocycles. The first kappa shape index (κ1) is 100. The molecule has 606 valence electrons. The lowest BCUT2D eigenvalue weighted by Crippen LogP contribution is -2.30. The molecule has 102 heavy (non-hydrogen) atoms. The Bertz CT molecular complexity index is 1950. The molecule has 0 saturated carbocycles. The van der Waals surface area contributed by atoms with Crippen LogP contribution in [-0.2, 0) is 65.4 Å². The van der Waals surface area contributed by atoms with Gasteiger partial charge in [-0.25, -0.2) is 9.13 Å². The number of hydrogen-bond donors (Lipinski definition) is 3. The van der Waals surface area contributed by atoms with Crippen LogP contribution in [0.3, 0.4) is 0 Å². The molecule has 0 rings (SSSR count). The molecule has 0 amide bonds. The number of carbonyl (C=O) groups excluding carboxylic acids is 4. The first-order valence-electron chi connectivity index (χ1n) is 43.2. The third-order valence-corrected chi connectivity index (χ3v) is 21.8. The van der Waals surface area contributed by atoms with Crippen molar-refractivity contribution in [1.82, 2.24) is 0 Å². The second kappa shape index (κ2) is 75.9. The molecule has 0 aliphatic heterocycles. The van der Waals surface area contributed by atoms with Gasteiger partial charge in [-0.05, 0) is 31.6 Å². The summed E-state index contributed by atoms with van der Waals surface area (Å²) in [7, 11) is -9.92. The van der Waals surface area contributed by atoms with Gasteiger partial charge in [0.15, 0.2) is 12.2 Å². The van der Waals surface area contributed by atoms with Gasteiger partial charge in [-0.3, -0.25) is 37.3 Å². The van der Waals surface area contributed by atoms with Crippen molar-refractivity contribution >= 4 is 39.5 Å². The van der Waals surface area contributed by atoms with Crippen LogP contribution in [0.1, 0.15) is 446 Å². The summed E-state index contributed by atoms with van der Waals surface area (Å²) in [5, 5.41) is 10.6. The minimum absolute atomic E-state index is 0.107. The number of unbranched alkanes of at least 4 members (excludes halogenated alkanes) is 54. The van der Waals surface area contributed by atoms with Crippen molar-refractivity contribution in [1.29, 1.82) is 0 Å². The fourth-order valence-electron chi connectivity index (χ4n) is 12.9. The van der Waals surface area contributed by atoms with Crippen molar-refractivity contribution in [3.05, 3.63) is 0 Å². The average molecular weight is 1490 g/mol. The van der Waals surface area contributed by atoms with Crippen LogP contribution in [0, 0.1) is 5.92 Å². The van der Waals surface area contributed by atoms with E-state index in [4.69, 9.17) is 37.0 Å². The molecule has 0 saturated heterocycles. The molecule has 3 unspecified atom stereocenters. The third-order valence-electron chi connectivity index (χ3n) is 19.9. The summed E-state index contributed by atoms with van der Waals surface area (Å²) in [6.45, 7) is 7.30. The molecule has 3 N–H and O–H groups in total. The molecule has 0 radical (unpaired) electrons. The van der Waals surface area contributed by atoms with E-state index in [1.807, 2.05) is 0 Å². The Morgan fingerprint density at radius 1 is 0.275 bits per heavy atom. The summed E-state index contributed by atoms with van der Waals surface area (Å²) in [6.07, 6.45) is 68.1. The molecule has 0 heterocycles. The van der Waals surface area contributed by atoms with Gasteiger partial charge < -0.3 is 33.8 Å². The van der Waals surface area contributed by atoms with E-state index >= 15 is 0 Å². The Hall–Kier alpha value is -1.94. The maximum Gasteiger partial charge on any atom is 0.472 e. The number of rotatable bonds is 83. The molecule has 0 spiro atoms. The van der Waals surface area contributed by atoms with Gasteiger partial charge in [0, 0.05) is 25.7 Å². The van der Waals surface area contributed by atoms with Crippen LogP contribution in [-0.4, -0.2) is 96.7 Å². The maximum atomic E-state index is 13.1. The Balaban J connectivity index is 5.21. The summed E-state index contributed by atoms with van der Waals surface area (Å²) in [4.78, 5) is 73.1. The van der Waals surface area contributed by atoms with E-state index in [9.17, 15) is 43.2 Å². The number of ether oxygens (including phenoxy) is 4. The summed E-state index contributed by atoms with van der Waals surface area (Å²) in [5.41, 5.74) is 0. The molecule has 6 atom stereocenters. The zero-order valence-electron chi connectivity index (χ0n) is 66.8. The van der Waals surface area contributed by atoms with E-state index in [1.165, 1.54) is 263 Å². The molecule has 0 aliphatic rings.